The highest BCUT2D eigenvalue weighted by Crippen LogP contribution is 2.25. The molecule has 1 aliphatic rings. The van der Waals surface area contributed by atoms with Crippen molar-refractivity contribution in [2.24, 2.45) is 10.9 Å². The predicted octanol–water partition coefficient (Wildman–Crippen LogP) is 1.12. The van der Waals surface area contributed by atoms with Crippen LogP contribution in [0.2, 0.25) is 0 Å². The minimum atomic E-state index is 0.120. The van der Waals surface area contributed by atoms with Crippen LogP contribution in [0.15, 0.2) is 11.2 Å². The molecule has 0 aliphatic heterocycles. The minimum absolute atomic E-state index is 0.120. The first-order chi connectivity index (χ1) is 8.13. The molecule has 2 rings (SSSR count). The highest BCUT2D eigenvalue weighted by atomic mass is 16.4. The third-order valence-corrected chi connectivity index (χ3v) is 3.09. The number of nitrogens with zero attached hydrogens (tertiary/aromatic N) is 3. The van der Waals surface area contributed by atoms with Gasteiger partial charge in [0.25, 0.3) is 0 Å². The van der Waals surface area contributed by atoms with Crippen LogP contribution in [-0.4, -0.2) is 30.1 Å². The summed E-state index contributed by atoms with van der Waals surface area (Å²) in [4.78, 5) is 6.53. The number of hydrogen-bond donors (Lipinski definition) is 2. The van der Waals surface area contributed by atoms with E-state index in [0.717, 1.165) is 24.4 Å². The second-order valence-electron chi connectivity index (χ2n) is 4.55. The summed E-state index contributed by atoms with van der Waals surface area (Å²) in [6.07, 6.45) is 4.43. The number of pyridine rings is 1. The average molecular weight is 234 g/mol. The fraction of sp³-hybridized carbons (Fsp3) is 0.500. The van der Waals surface area contributed by atoms with E-state index in [1.165, 1.54) is 18.4 Å². The van der Waals surface area contributed by atoms with Crippen molar-refractivity contribution in [3.8, 4) is 0 Å². The normalized spacial score (nSPS) is 15.5. The molecule has 0 atom stereocenters. The largest absolute Gasteiger partial charge is 0.409 e. The Morgan fingerprint density at radius 3 is 2.76 bits per heavy atom. The van der Waals surface area contributed by atoms with Gasteiger partial charge < -0.3 is 15.8 Å². The third kappa shape index (κ3) is 2.18. The van der Waals surface area contributed by atoms with Gasteiger partial charge >= 0.3 is 0 Å². The minimum Gasteiger partial charge on any atom is -0.409 e. The summed E-state index contributed by atoms with van der Waals surface area (Å²) in [7, 11) is 3.82. The lowest BCUT2D eigenvalue weighted by Crippen LogP contribution is -2.23. The number of amidine groups is 1. The van der Waals surface area contributed by atoms with Gasteiger partial charge in [-0.15, -0.1) is 0 Å². The van der Waals surface area contributed by atoms with Gasteiger partial charge in [0, 0.05) is 19.8 Å². The number of rotatable bonds is 2. The van der Waals surface area contributed by atoms with Gasteiger partial charge in [-0.1, -0.05) is 5.16 Å². The van der Waals surface area contributed by atoms with Crippen molar-refractivity contribution in [1.82, 2.24) is 4.98 Å². The maximum absolute atomic E-state index is 8.82. The highest BCUT2D eigenvalue weighted by molar-refractivity contribution is 6.01. The Morgan fingerprint density at radius 2 is 2.12 bits per heavy atom. The Hall–Kier alpha value is -1.78. The fourth-order valence-electron chi connectivity index (χ4n) is 2.21. The van der Waals surface area contributed by atoms with Crippen LogP contribution < -0.4 is 10.6 Å². The zero-order chi connectivity index (χ0) is 12.4. The molecule has 1 aliphatic carbocycles. The monoisotopic (exact) mass is 234 g/mol. The maximum Gasteiger partial charge on any atom is 0.173 e. The van der Waals surface area contributed by atoms with Gasteiger partial charge in [-0.05, 0) is 37.3 Å². The lowest BCUT2D eigenvalue weighted by molar-refractivity contribution is 0.318. The Balaban J connectivity index is 2.56. The molecule has 17 heavy (non-hydrogen) atoms. The van der Waals surface area contributed by atoms with Crippen LogP contribution in [0.3, 0.4) is 0 Å². The van der Waals surface area contributed by atoms with Crippen LogP contribution in [0.1, 0.15) is 29.7 Å². The van der Waals surface area contributed by atoms with Crippen LogP contribution in [0.25, 0.3) is 0 Å². The van der Waals surface area contributed by atoms with Gasteiger partial charge in [-0.2, -0.15) is 0 Å². The van der Waals surface area contributed by atoms with E-state index in [9.17, 15) is 0 Å². The second kappa shape index (κ2) is 4.61. The number of oxime groups is 1. The van der Waals surface area contributed by atoms with E-state index in [1.807, 2.05) is 25.1 Å². The lowest BCUT2D eigenvalue weighted by Gasteiger charge is -2.21. The van der Waals surface area contributed by atoms with Crippen molar-refractivity contribution in [2.45, 2.75) is 25.7 Å². The molecular formula is C12H18N4O. The number of hydrogen-bond acceptors (Lipinski definition) is 4. The molecule has 0 saturated carbocycles. The number of aryl methyl sites for hydroxylation is 2. The number of anilines is 1. The fourth-order valence-corrected chi connectivity index (χ4v) is 2.21. The number of fused-ring (bicyclic) bond motifs is 1. The first-order valence-electron chi connectivity index (χ1n) is 5.81. The summed E-state index contributed by atoms with van der Waals surface area (Å²) >= 11 is 0. The first-order valence-corrected chi connectivity index (χ1v) is 5.81. The molecule has 0 fully saturated rings. The molecule has 3 N–H and O–H groups in total. The number of aromatic nitrogens is 1. The molecule has 0 bridgehead atoms. The summed E-state index contributed by atoms with van der Waals surface area (Å²) in [5.41, 5.74) is 8.78. The van der Waals surface area contributed by atoms with Crippen molar-refractivity contribution in [3.05, 3.63) is 22.9 Å². The van der Waals surface area contributed by atoms with Gasteiger partial charge in [0.1, 0.15) is 5.82 Å². The van der Waals surface area contributed by atoms with Crippen LogP contribution in [0.4, 0.5) is 5.82 Å². The van der Waals surface area contributed by atoms with E-state index in [-0.39, 0.29) is 5.84 Å². The zero-order valence-electron chi connectivity index (χ0n) is 10.3. The molecule has 0 amide bonds. The Morgan fingerprint density at radius 1 is 1.41 bits per heavy atom. The molecule has 0 saturated heterocycles. The molecule has 92 valence electrons. The highest BCUT2D eigenvalue weighted by Gasteiger charge is 2.18. The molecule has 0 aromatic carbocycles. The summed E-state index contributed by atoms with van der Waals surface area (Å²) in [5, 5.41) is 11.9. The molecule has 1 aromatic rings. The van der Waals surface area contributed by atoms with Gasteiger partial charge in [-0.25, -0.2) is 4.98 Å². The van der Waals surface area contributed by atoms with Gasteiger partial charge in [0.15, 0.2) is 5.84 Å². The van der Waals surface area contributed by atoms with E-state index in [0.29, 0.717) is 5.56 Å². The smallest absolute Gasteiger partial charge is 0.173 e. The average Bonchev–Trinajstić information content (AvgIpc) is 2.36. The first kappa shape index (κ1) is 11.7. The molecular weight excluding hydrogens is 216 g/mol. The van der Waals surface area contributed by atoms with Crippen LogP contribution in [0, 0.1) is 0 Å². The van der Waals surface area contributed by atoms with Crippen LogP contribution in [0.5, 0.6) is 0 Å². The Bertz CT molecular complexity index is 454. The standard InChI is InChI=1S/C12H18N4O/c1-16(2)12-9(11(13)15-17)7-8-5-3-4-6-10(8)14-12/h7,17H,3-6H2,1-2H3,(H2,13,15). The summed E-state index contributed by atoms with van der Waals surface area (Å²) in [6.45, 7) is 0. The summed E-state index contributed by atoms with van der Waals surface area (Å²) in [5.74, 6) is 0.885. The predicted molar refractivity (Wildman–Crippen MR) is 67.7 cm³/mol. The quantitative estimate of drug-likeness (QED) is 0.348. The van der Waals surface area contributed by atoms with E-state index in [1.54, 1.807) is 0 Å². The molecule has 5 nitrogen and oxygen atoms in total. The maximum atomic E-state index is 8.82. The topological polar surface area (TPSA) is 74.7 Å². The van der Waals surface area contributed by atoms with Crippen LogP contribution >= 0.6 is 0 Å². The summed E-state index contributed by atoms with van der Waals surface area (Å²) in [6, 6.07) is 2.01. The van der Waals surface area contributed by atoms with E-state index in [4.69, 9.17) is 10.9 Å². The van der Waals surface area contributed by atoms with E-state index < -0.39 is 0 Å². The molecule has 0 spiro atoms. The van der Waals surface area contributed by atoms with Crippen molar-refractivity contribution >= 4 is 11.7 Å². The van der Waals surface area contributed by atoms with Gasteiger partial charge in [0.2, 0.25) is 0 Å². The van der Waals surface area contributed by atoms with Gasteiger partial charge in [-0.3, -0.25) is 0 Å². The second-order valence-corrected chi connectivity index (χ2v) is 4.55. The summed E-state index contributed by atoms with van der Waals surface area (Å²) < 4.78 is 0. The number of nitrogens with two attached hydrogens (primary N) is 1. The molecule has 0 radical (unpaired) electrons. The van der Waals surface area contributed by atoms with Crippen molar-refractivity contribution in [1.29, 1.82) is 0 Å². The van der Waals surface area contributed by atoms with Crippen molar-refractivity contribution in [2.75, 3.05) is 19.0 Å². The van der Waals surface area contributed by atoms with E-state index in [2.05, 4.69) is 10.1 Å². The zero-order valence-corrected chi connectivity index (χ0v) is 10.3. The van der Waals surface area contributed by atoms with Crippen molar-refractivity contribution < 1.29 is 5.21 Å². The Labute approximate surface area is 101 Å². The SMILES string of the molecule is CN(C)c1nc2c(cc1C(N)=NO)CCCC2. The molecule has 1 aromatic heterocycles. The molecule has 1 heterocycles. The van der Waals surface area contributed by atoms with Crippen LogP contribution in [-0.2, 0) is 12.8 Å². The van der Waals surface area contributed by atoms with Gasteiger partial charge in [0.05, 0.1) is 5.56 Å². The molecule has 5 heteroatoms. The van der Waals surface area contributed by atoms with E-state index >= 15 is 0 Å². The third-order valence-electron chi connectivity index (χ3n) is 3.09. The van der Waals surface area contributed by atoms with Crippen molar-refractivity contribution in [3.63, 3.8) is 0 Å². The Kier molecular flexibility index (Phi) is 3.17. The molecule has 0 unspecified atom stereocenters. The lowest BCUT2D eigenvalue weighted by atomic mass is 9.94.